The van der Waals surface area contributed by atoms with Gasteiger partial charge < -0.3 is 10.3 Å². The van der Waals surface area contributed by atoms with Crippen LogP contribution >= 0.6 is 23.8 Å². The minimum Gasteiger partial charge on any atom is -0.379 e. The van der Waals surface area contributed by atoms with Gasteiger partial charge >= 0.3 is 0 Å². The number of carbonyl (C=O) groups is 1. The second-order valence-corrected chi connectivity index (χ2v) is 6.07. The minimum atomic E-state index is -0.244. The van der Waals surface area contributed by atoms with Crippen molar-refractivity contribution < 1.29 is 4.79 Å². The van der Waals surface area contributed by atoms with Crippen molar-refractivity contribution in [1.82, 2.24) is 10.3 Å². The van der Waals surface area contributed by atoms with Crippen LogP contribution in [0.25, 0.3) is 10.9 Å². The Bertz CT molecular complexity index is 1010. The van der Waals surface area contributed by atoms with E-state index in [9.17, 15) is 9.59 Å². The molecule has 0 unspecified atom stereocenters. The molecule has 0 aliphatic heterocycles. The van der Waals surface area contributed by atoms with Crippen molar-refractivity contribution in [3.63, 3.8) is 0 Å². The summed E-state index contributed by atoms with van der Waals surface area (Å²) < 4.78 is 0. The van der Waals surface area contributed by atoms with E-state index in [4.69, 9.17) is 23.8 Å². The van der Waals surface area contributed by atoms with Crippen LogP contribution in [0.4, 0.5) is 0 Å². The number of aromatic nitrogens is 1. The molecule has 1 aromatic heterocycles. The lowest BCUT2D eigenvalue weighted by Crippen LogP contribution is -2.20. The molecule has 1 heterocycles. The second-order valence-electron chi connectivity index (χ2n) is 5.22. The highest BCUT2D eigenvalue weighted by molar-refractivity contribution is 7.80. The van der Waals surface area contributed by atoms with Crippen LogP contribution in [-0.2, 0) is 0 Å². The van der Waals surface area contributed by atoms with Crippen molar-refractivity contribution in [2.75, 3.05) is 7.05 Å². The molecule has 24 heavy (non-hydrogen) atoms. The van der Waals surface area contributed by atoms with Crippen LogP contribution in [0.3, 0.4) is 0 Å². The number of hydrogen-bond acceptors (Lipinski definition) is 3. The summed E-state index contributed by atoms with van der Waals surface area (Å²) >= 11 is 11.1. The van der Waals surface area contributed by atoms with Gasteiger partial charge in [0.05, 0.1) is 0 Å². The van der Waals surface area contributed by atoms with Crippen LogP contribution in [0.2, 0.25) is 5.02 Å². The number of halogens is 1. The molecule has 2 N–H and O–H groups in total. The van der Waals surface area contributed by atoms with Crippen molar-refractivity contribution >= 4 is 45.5 Å². The lowest BCUT2D eigenvalue weighted by Gasteiger charge is -2.09. The van der Waals surface area contributed by atoms with Crippen LogP contribution in [0.1, 0.15) is 21.5 Å². The molecule has 0 atom stereocenters. The summed E-state index contributed by atoms with van der Waals surface area (Å²) in [6.45, 7) is 0. The molecular formula is C18H13ClN2O2S. The molecule has 0 saturated heterocycles. The minimum absolute atomic E-state index is 0.124. The molecular weight excluding hydrogens is 344 g/mol. The molecule has 0 radical (unpaired) electrons. The third-order valence-electron chi connectivity index (χ3n) is 3.68. The van der Waals surface area contributed by atoms with E-state index in [-0.39, 0.29) is 11.3 Å². The first-order valence-electron chi connectivity index (χ1n) is 7.19. The molecule has 4 nitrogen and oxygen atoms in total. The number of nitrogens with one attached hydrogen (secondary N) is 2. The Morgan fingerprint density at radius 3 is 2.42 bits per heavy atom. The van der Waals surface area contributed by atoms with E-state index in [1.54, 1.807) is 49.5 Å². The molecule has 0 saturated carbocycles. The van der Waals surface area contributed by atoms with Gasteiger partial charge in [-0.05, 0) is 42.5 Å². The number of benzene rings is 2. The highest BCUT2D eigenvalue weighted by Gasteiger charge is 2.13. The Morgan fingerprint density at radius 2 is 1.75 bits per heavy atom. The zero-order valence-corrected chi connectivity index (χ0v) is 14.3. The van der Waals surface area contributed by atoms with Crippen molar-refractivity contribution in [3.8, 4) is 0 Å². The number of ketones is 1. The molecule has 6 heteroatoms. The van der Waals surface area contributed by atoms with Crippen LogP contribution in [0, 0.1) is 0 Å². The number of pyridine rings is 1. The highest BCUT2D eigenvalue weighted by Crippen LogP contribution is 2.20. The average molecular weight is 357 g/mol. The molecule has 0 bridgehead atoms. The van der Waals surface area contributed by atoms with Gasteiger partial charge in [0.1, 0.15) is 4.99 Å². The quantitative estimate of drug-likeness (QED) is 0.558. The molecule has 0 fully saturated rings. The Kier molecular flexibility index (Phi) is 4.46. The molecule has 120 valence electrons. The monoisotopic (exact) mass is 356 g/mol. The van der Waals surface area contributed by atoms with Crippen molar-refractivity contribution in [2.24, 2.45) is 0 Å². The first-order chi connectivity index (χ1) is 11.5. The standard InChI is InChI=1S/C18H13ClN2O2S/c1-20-18(24)14-9-16(22)21-15-7-4-11(8-13(14)15)17(23)10-2-5-12(19)6-3-10/h2-9H,1H3,(H,20,24)(H,21,22). The van der Waals surface area contributed by atoms with Gasteiger partial charge in [-0.25, -0.2) is 0 Å². The lowest BCUT2D eigenvalue weighted by atomic mass is 9.99. The molecule has 0 aliphatic carbocycles. The van der Waals surface area contributed by atoms with Gasteiger partial charge in [0.15, 0.2) is 5.78 Å². The second kappa shape index (κ2) is 6.55. The fraction of sp³-hybridized carbons (Fsp3) is 0.0556. The fourth-order valence-electron chi connectivity index (χ4n) is 2.49. The van der Waals surface area contributed by atoms with E-state index in [0.717, 1.165) is 0 Å². The van der Waals surface area contributed by atoms with E-state index < -0.39 is 0 Å². The van der Waals surface area contributed by atoms with Crippen LogP contribution in [0.5, 0.6) is 0 Å². The molecule has 0 spiro atoms. The number of rotatable bonds is 3. The summed E-state index contributed by atoms with van der Waals surface area (Å²) in [5, 5.41) is 4.16. The topological polar surface area (TPSA) is 62.0 Å². The average Bonchev–Trinajstić information content (AvgIpc) is 2.60. The number of aromatic amines is 1. The molecule has 0 aliphatic rings. The summed E-state index contributed by atoms with van der Waals surface area (Å²) in [6.07, 6.45) is 0. The normalized spacial score (nSPS) is 10.6. The predicted octanol–water partition coefficient (Wildman–Crippen LogP) is 3.31. The SMILES string of the molecule is CNC(=S)c1cc(=O)[nH]c2ccc(C(=O)c3ccc(Cl)cc3)cc12. The van der Waals surface area contributed by atoms with Gasteiger partial charge in [-0.3, -0.25) is 9.59 Å². The lowest BCUT2D eigenvalue weighted by molar-refractivity contribution is 0.103. The Morgan fingerprint density at radius 1 is 1.08 bits per heavy atom. The van der Waals surface area contributed by atoms with Gasteiger partial charge in [0.25, 0.3) is 0 Å². The van der Waals surface area contributed by atoms with E-state index >= 15 is 0 Å². The Balaban J connectivity index is 2.15. The maximum Gasteiger partial charge on any atom is 0.249 e. The van der Waals surface area contributed by atoms with Crippen molar-refractivity contribution in [1.29, 1.82) is 0 Å². The third kappa shape index (κ3) is 3.09. The van der Waals surface area contributed by atoms with Crippen LogP contribution < -0.4 is 10.9 Å². The zero-order chi connectivity index (χ0) is 17.3. The van der Waals surface area contributed by atoms with Gasteiger partial charge in [-0.2, -0.15) is 0 Å². The summed E-state index contributed by atoms with van der Waals surface area (Å²) in [6, 6.07) is 13.3. The largest absolute Gasteiger partial charge is 0.379 e. The number of fused-ring (bicyclic) bond motifs is 1. The molecule has 0 amide bonds. The summed E-state index contributed by atoms with van der Waals surface area (Å²) in [5.74, 6) is -0.124. The van der Waals surface area contributed by atoms with Crippen molar-refractivity contribution in [2.45, 2.75) is 0 Å². The van der Waals surface area contributed by atoms with Crippen LogP contribution in [0.15, 0.2) is 53.3 Å². The smallest absolute Gasteiger partial charge is 0.249 e. The van der Waals surface area contributed by atoms with Crippen molar-refractivity contribution in [3.05, 3.63) is 80.6 Å². The maximum absolute atomic E-state index is 12.7. The summed E-state index contributed by atoms with van der Waals surface area (Å²) in [4.78, 5) is 27.6. The predicted molar refractivity (Wildman–Crippen MR) is 100 cm³/mol. The number of thiocarbonyl (C=S) groups is 1. The van der Waals surface area contributed by atoms with Gasteiger partial charge in [0.2, 0.25) is 5.56 Å². The maximum atomic E-state index is 12.7. The fourth-order valence-corrected chi connectivity index (χ4v) is 2.78. The molecule has 2 aromatic carbocycles. The summed E-state index contributed by atoms with van der Waals surface area (Å²) in [5.41, 5.74) is 2.03. The van der Waals surface area contributed by atoms with E-state index in [2.05, 4.69) is 10.3 Å². The van der Waals surface area contributed by atoms with Gasteiger partial charge in [-0.1, -0.05) is 23.8 Å². The zero-order valence-electron chi connectivity index (χ0n) is 12.7. The first-order valence-corrected chi connectivity index (χ1v) is 7.97. The highest BCUT2D eigenvalue weighted by atomic mass is 35.5. The van der Waals surface area contributed by atoms with E-state index in [1.807, 2.05) is 0 Å². The Labute approximate surface area is 148 Å². The Hall–Kier alpha value is -2.50. The van der Waals surface area contributed by atoms with Crippen LogP contribution in [-0.4, -0.2) is 22.8 Å². The molecule has 3 aromatic rings. The van der Waals surface area contributed by atoms with Gasteiger partial charge in [0, 0.05) is 45.7 Å². The van der Waals surface area contributed by atoms with E-state index in [1.165, 1.54) is 6.07 Å². The number of H-pyrrole nitrogens is 1. The molecule has 3 rings (SSSR count). The van der Waals surface area contributed by atoms with E-state index in [0.29, 0.717) is 37.6 Å². The number of carbonyl (C=O) groups excluding carboxylic acids is 1. The third-order valence-corrected chi connectivity index (χ3v) is 4.36. The number of hydrogen-bond donors (Lipinski definition) is 2. The first kappa shape index (κ1) is 16.4. The summed E-state index contributed by atoms with van der Waals surface area (Å²) in [7, 11) is 1.69. The van der Waals surface area contributed by atoms with Gasteiger partial charge in [-0.15, -0.1) is 0 Å².